The van der Waals surface area contributed by atoms with Crippen LogP contribution in [0.2, 0.25) is 0 Å². The molecule has 0 aromatic heterocycles. The predicted molar refractivity (Wildman–Crippen MR) is 108 cm³/mol. The minimum Gasteiger partial charge on any atom is -0.497 e. The Kier molecular flexibility index (Phi) is 6.85. The lowest BCUT2D eigenvalue weighted by molar-refractivity contribution is -0.119. The number of rotatable bonds is 8. The first kappa shape index (κ1) is 20.8. The molecule has 0 saturated heterocycles. The average molecular weight is 391 g/mol. The Labute approximate surface area is 161 Å². The minimum atomic E-state index is -3.57. The monoisotopic (exact) mass is 390 g/mol. The van der Waals surface area contributed by atoms with Crippen LogP contribution >= 0.6 is 0 Å². The van der Waals surface area contributed by atoms with Gasteiger partial charge in [0.25, 0.3) is 0 Å². The van der Waals surface area contributed by atoms with Crippen molar-refractivity contribution in [3.63, 3.8) is 0 Å². The highest BCUT2D eigenvalue weighted by atomic mass is 32.2. The number of hydrogen-bond donors (Lipinski definition) is 1. The molecule has 0 radical (unpaired) electrons. The van der Waals surface area contributed by atoms with Crippen LogP contribution in [0.4, 0.5) is 5.69 Å². The first-order valence-electron chi connectivity index (χ1n) is 8.64. The van der Waals surface area contributed by atoms with Crippen molar-refractivity contribution >= 4 is 21.6 Å². The Bertz CT molecular complexity index is 872. The van der Waals surface area contributed by atoms with E-state index in [0.29, 0.717) is 18.7 Å². The number of nitrogens with one attached hydrogen (secondary N) is 1. The number of carbonyl (C=O) groups excluding carboxylic acids is 1. The fourth-order valence-corrected chi connectivity index (χ4v) is 3.66. The molecule has 0 aliphatic carbocycles. The quantitative estimate of drug-likeness (QED) is 0.751. The van der Waals surface area contributed by atoms with Crippen LogP contribution in [0.5, 0.6) is 5.75 Å². The number of methoxy groups -OCH3 is 1. The summed E-state index contributed by atoms with van der Waals surface area (Å²) in [5, 5.41) is 2.79. The summed E-state index contributed by atoms with van der Waals surface area (Å²) in [7, 11) is -1.96. The third-order valence-corrected chi connectivity index (χ3v) is 5.22. The number of benzene rings is 2. The standard InChI is InChI=1S/C20H26N2O4S/c1-15-11-16(2)13-18(12-15)22(27(4,24)25)14-20(23)21-10-9-17-5-7-19(26-3)8-6-17/h5-8,11-13H,9-10,14H2,1-4H3,(H,21,23). The zero-order valence-corrected chi connectivity index (χ0v) is 17.0. The highest BCUT2D eigenvalue weighted by Crippen LogP contribution is 2.21. The molecule has 1 N–H and O–H groups in total. The fourth-order valence-electron chi connectivity index (χ4n) is 2.82. The van der Waals surface area contributed by atoms with Crippen LogP contribution in [0.25, 0.3) is 0 Å². The maximum absolute atomic E-state index is 12.3. The van der Waals surface area contributed by atoms with E-state index in [1.807, 2.05) is 44.2 Å². The van der Waals surface area contributed by atoms with Crippen LogP contribution in [0.1, 0.15) is 16.7 Å². The maximum Gasteiger partial charge on any atom is 0.240 e. The van der Waals surface area contributed by atoms with Gasteiger partial charge in [0, 0.05) is 6.54 Å². The van der Waals surface area contributed by atoms with Crippen molar-refractivity contribution in [3.8, 4) is 5.75 Å². The van der Waals surface area contributed by atoms with Crippen LogP contribution in [0.3, 0.4) is 0 Å². The van der Waals surface area contributed by atoms with Crippen molar-refractivity contribution in [1.29, 1.82) is 0 Å². The fraction of sp³-hybridized carbons (Fsp3) is 0.350. The Hall–Kier alpha value is -2.54. The predicted octanol–water partition coefficient (Wildman–Crippen LogP) is 2.44. The number of hydrogen-bond acceptors (Lipinski definition) is 4. The van der Waals surface area contributed by atoms with E-state index in [-0.39, 0.29) is 12.5 Å². The first-order chi connectivity index (χ1) is 12.7. The SMILES string of the molecule is COc1ccc(CCNC(=O)CN(c2cc(C)cc(C)c2)S(C)(=O)=O)cc1. The normalized spacial score (nSPS) is 11.1. The number of sulfonamides is 1. The first-order valence-corrected chi connectivity index (χ1v) is 10.5. The molecular weight excluding hydrogens is 364 g/mol. The van der Waals surface area contributed by atoms with E-state index < -0.39 is 10.0 Å². The van der Waals surface area contributed by atoms with Gasteiger partial charge in [0.15, 0.2) is 0 Å². The van der Waals surface area contributed by atoms with Gasteiger partial charge in [0.05, 0.1) is 19.1 Å². The van der Waals surface area contributed by atoms with Crippen LogP contribution in [-0.4, -0.2) is 40.8 Å². The Morgan fingerprint density at radius 2 is 1.67 bits per heavy atom. The smallest absolute Gasteiger partial charge is 0.240 e. The number of ether oxygens (including phenoxy) is 1. The van der Waals surface area contributed by atoms with Crippen molar-refractivity contribution in [2.24, 2.45) is 0 Å². The van der Waals surface area contributed by atoms with Crippen LogP contribution in [0, 0.1) is 13.8 Å². The zero-order valence-electron chi connectivity index (χ0n) is 16.2. The van der Waals surface area contributed by atoms with E-state index in [2.05, 4.69) is 5.32 Å². The maximum atomic E-state index is 12.3. The van der Waals surface area contributed by atoms with Crippen molar-refractivity contribution < 1.29 is 17.9 Å². The van der Waals surface area contributed by atoms with Crippen LogP contribution in [0.15, 0.2) is 42.5 Å². The van der Waals surface area contributed by atoms with Gasteiger partial charge >= 0.3 is 0 Å². The summed E-state index contributed by atoms with van der Waals surface area (Å²) in [6.07, 6.45) is 1.76. The Balaban J connectivity index is 1.99. The highest BCUT2D eigenvalue weighted by Gasteiger charge is 2.21. The molecule has 0 aliphatic rings. The number of carbonyl (C=O) groups is 1. The summed E-state index contributed by atoms with van der Waals surface area (Å²) in [5.74, 6) is 0.438. The average Bonchev–Trinajstić information content (AvgIpc) is 2.58. The molecule has 27 heavy (non-hydrogen) atoms. The molecular formula is C20H26N2O4S. The van der Waals surface area contributed by atoms with E-state index >= 15 is 0 Å². The highest BCUT2D eigenvalue weighted by molar-refractivity contribution is 7.92. The van der Waals surface area contributed by atoms with Crippen molar-refractivity contribution in [1.82, 2.24) is 5.32 Å². The molecule has 0 spiro atoms. The molecule has 6 nitrogen and oxygen atoms in total. The second-order valence-corrected chi connectivity index (χ2v) is 8.47. The summed E-state index contributed by atoms with van der Waals surface area (Å²) in [6, 6.07) is 13.1. The largest absolute Gasteiger partial charge is 0.497 e. The van der Waals surface area contributed by atoms with Crippen molar-refractivity contribution in [2.75, 3.05) is 30.8 Å². The molecule has 2 aromatic carbocycles. The van der Waals surface area contributed by atoms with Crippen LogP contribution < -0.4 is 14.4 Å². The summed E-state index contributed by atoms with van der Waals surface area (Å²) < 4.78 is 30.6. The molecule has 7 heteroatoms. The molecule has 2 rings (SSSR count). The van der Waals surface area contributed by atoms with Crippen molar-refractivity contribution in [2.45, 2.75) is 20.3 Å². The Morgan fingerprint density at radius 3 is 2.19 bits per heavy atom. The molecule has 0 unspecified atom stereocenters. The summed E-state index contributed by atoms with van der Waals surface area (Å²) in [5.41, 5.74) is 3.45. The summed E-state index contributed by atoms with van der Waals surface area (Å²) in [4.78, 5) is 12.3. The van der Waals surface area contributed by atoms with E-state index in [1.165, 1.54) is 0 Å². The molecule has 0 saturated carbocycles. The molecule has 2 aromatic rings. The lowest BCUT2D eigenvalue weighted by Crippen LogP contribution is -2.41. The second kappa shape index (κ2) is 8.90. The van der Waals surface area contributed by atoms with E-state index in [0.717, 1.165) is 33.0 Å². The van der Waals surface area contributed by atoms with Gasteiger partial charge in [-0.2, -0.15) is 0 Å². The van der Waals surface area contributed by atoms with Gasteiger partial charge in [-0.15, -0.1) is 0 Å². The molecule has 0 aliphatic heterocycles. The second-order valence-electron chi connectivity index (χ2n) is 6.56. The van der Waals surface area contributed by atoms with Crippen LogP contribution in [-0.2, 0) is 21.2 Å². The van der Waals surface area contributed by atoms with E-state index in [1.54, 1.807) is 19.2 Å². The number of anilines is 1. The van der Waals surface area contributed by atoms with Gasteiger partial charge < -0.3 is 10.1 Å². The summed E-state index contributed by atoms with van der Waals surface area (Å²) >= 11 is 0. The lowest BCUT2D eigenvalue weighted by atomic mass is 10.1. The molecule has 1 amide bonds. The molecule has 0 heterocycles. The van der Waals surface area contributed by atoms with Gasteiger partial charge in [-0.1, -0.05) is 18.2 Å². The lowest BCUT2D eigenvalue weighted by Gasteiger charge is -2.22. The molecule has 0 fully saturated rings. The van der Waals surface area contributed by atoms with Crippen molar-refractivity contribution in [3.05, 3.63) is 59.2 Å². The topological polar surface area (TPSA) is 75.7 Å². The van der Waals surface area contributed by atoms with Gasteiger partial charge in [0.1, 0.15) is 12.3 Å². The zero-order chi connectivity index (χ0) is 20.0. The van der Waals surface area contributed by atoms with Gasteiger partial charge in [0.2, 0.25) is 15.9 Å². The molecule has 0 atom stereocenters. The third kappa shape index (κ3) is 6.29. The third-order valence-electron chi connectivity index (χ3n) is 4.08. The number of nitrogens with zero attached hydrogens (tertiary/aromatic N) is 1. The minimum absolute atomic E-state index is 0.246. The van der Waals surface area contributed by atoms with E-state index in [4.69, 9.17) is 4.74 Å². The van der Waals surface area contributed by atoms with Gasteiger partial charge in [-0.3, -0.25) is 9.10 Å². The summed E-state index contributed by atoms with van der Waals surface area (Å²) in [6.45, 7) is 3.97. The van der Waals surface area contributed by atoms with E-state index in [9.17, 15) is 13.2 Å². The Morgan fingerprint density at radius 1 is 1.07 bits per heavy atom. The van der Waals surface area contributed by atoms with Gasteiger partial charge in [-0.25, -0.2) is 8.42 Å². The molecule has 146 valence electrons. The molecule has 0 bridgehead atoms. The van der Waals surface area contributed by atoms with Gasteiger partial charge in [-0.05, 0) is 61.2 Å². The number of aryl methyl sites for hydroxylation is 2. The number of amides is 1.